The summed E-state index contributed by atoms with van der Waals surface area (Å²) >= 11 is 0. The maximum atomic E-state index is 12.4. The molecule has 0 aromatic heterocycles. The van der Waals surface area contributed by atoms with Gasteiger partial charge in [-0.05, 0) is 74.5 Å². The molecule has 1 aliphatic heterocycles. The van der Waals surface area contributed by atoms with Crippen LogP contribution in [0.25, 0.3) is 0 Å². The number of hydrogen-bond acceptors (Lipinski definition) is 4. The first-order valence-corrected chi connectivity index (χ1v) is 10.6. The van der Waals surface area contributed by atoms with E-state index in [1.807, 2.05) is 24.3 Å². The number of rotatable bonds is 7. The van der Waals surface area contributed by atoms with Gasteiger partial charge in [0.15, 0.2) is 0 Å². The summed E-state index contributed by atoms with van der Waals surface area (Å²) in [7, 11) is 1.75. The van der Waals surface area contributed by atoms with Gasteiger partial charge >= 0.3 is 5.97 Å². The Morgan fingerprint density at radius 2 is 1.74 bits per heavy atom. The Morgan fingerprint density at radius 3 is 2.33 bits per heavy atom. The molecule has 1 aliphatic carbocycles. The van der Waals surface area contributed by atoms with Crippen LogP contribution in [0.5, 0.6) is 0 Å². The van der Waals surface area contributed by atoms with Crippen LogP contribution >= 0.6 is 0 Å². The van der Waals surface area contributed by atoms with E-state index in [1.54, 1.807) is 7.11 Å². The Labute approximate surface area is 163 Å². The Balaban J connectivity index is 1.47. The summed E-state index contributed by atoms with van der Waals surface area (Å²) in [4.78, 5) is 12.4. The van der Waals surface area contributed by atoms with Crippen molar-refractivity contribution in [3.05, 3.63) is 35.4 Å². The summed E-state index contributed by atoms with van der Waals surface area (Å²) in [5.74, 6) is 1.11. The zero-order chi connectivity index (χ0) is 19.1. The summed E-state index contributed by atoms with van der Waals surface area (Å²) in [5, 5.41) is 0. The van der Waals surface area contributed by atoms with Gasteiger partial charge in [-0.1, -0.05) is 25.5 Å². The highest BCUT2D eigenvalue weighted by molar-refractivity contribution is 5.89. The van der Waals surface area contributed by atoms with Gasteiger partial charge in [0.1, 0.15) is 6.10 Å². The number of esters is 1. The Morgan fingerprint density at radius 1 is 1.04 bits per heavy atom. The van der Waals surface area contributed by atoms with Gasteiger partial charge < -0.3 is 14.2 Å². The van der Waals surface area contributed by atoms with Crippen molar-refractivity contribution in [2.75, 3.05) is 20.3 Å². The van der Waals surface area contributed by atoms with E-state index < -0.39 is 0 Å². The van der Waals surface area contributed by atoms with Gasteiger partial charge in [-0.15, -0.1) is 0 Å². The molecule has 0 unspecified atom stereocenters. The van der Waals surface area contributed by atoms with Crippen molar-refractivity contribution in [1.82, 2.24) is 0 Å². The predicted molar refractivity (Wildman–Crippen MR) is 106 cm³/mol. The molecule has 2 aliphatic rings. The molecule has 2 fully saturated rings. The third-order valence-corrected chi connectivity index (χ3v) is 6.06. The molecular weight excluding hydrogens is 340 g/mol. The summed E-state index contributed by atoms with van der Waals surface area (Å²) in [6.45, 7) is 3.90. The summed E-state index contributed by atoms with van der Waals surface area (Å²) in [5.41, 5.74) is 1.80. The van der Waals surface area contributed by atoms with Crippen LogP contribution in [0, 0.1) is 11.8 Å². The molecule has 1 heterocycles. The minimum absolute atomic E-state index is 0.0439. The largest absolute Gasteiger partial charge is 0.459 e. The third-order valence-electron chi connectivity index (χ3n) is 6.06. The lowest BCUT2D eigenvalue weighted by molar-refractivity contribution is -0.0195. The van der Waals surface area contributed by atoms with E-state index >= 15 is 0 Å². The maximum Gasteiger partial charge on any atom is 0.338 e. The molecule has 1 saturated carbocycles. The van der Waals surface area contributed by atoms with Gasteiger partial charge in [-0.2, -0.15) is 0 Å². The highest BCUT2D eigenvalue weighted by Crippen LogP contribution is 2.32. The second-order valence-electron chi connectivity index (χ2n) is 8.18. The van der Waals surface area contributed by atoms with Crippen LogP contribution in [0.3, 0.4) is 0 Å². The average molecular weight is 375 g/mol. The molecule has 2 atom stereocenters. The van der Waals surface area contributed by atoms with E-state index in [2.05, 4.69) is 6.92 Å². The first kappa shape index (κ1) is 20.3. The lowest BCUT2D eigenvalue weighted by Gasteiger charge is -2.29. The fourth-order valence-corrected chi connectivity index (χ4v) is 4.41. The van der Waals surface area contributed by atoms with Crippen molar-refractivity contribution in [2.45, 2.75) is 70.5 Å². The van der Waals surface area contributed by atoms with E-state index in [0.717, 1.165) is 45.3 Å². The number of carbonyl (C=O) groups excluding carboxylic acids is 1. The molecule has 4 heteroatoms. The second kappa shape index (κ2) is 10.2. The van der Waals surface area contributed by atoms with Crippen LogP contribution in [0.1, 0.15) is 80.3 Å². The van der Waals surface area contributed by atoms with Crippen LogP contribution in [-0.2, 0) is 14.2 Å². The van der Waals surface area contributed by atoms with Crippen LogP contribution < -0.4 is 0 Å². The van der Waals surface area contributed by atoms with Crippen molar-refractivity contribution in [3.63, 3.8) is 0 Å². The van der Waals surface area contributed by atoms with Crippen LogP contribution in [0.15, 0.2) is 24.3 Å². The highest BCUT2D eigenvalue weighted by atomic mass is 16.5. The standard InChI is InChI=1S/C23H34O4/c1-3-4-17-7-14-22(26-16-17)19-8-10-20(11-9-19)23(24)27-21-12-5-18(6-13-21)15-25-2/h8-11,17-18,21-22H,3-7,12-16H2,1-2H3/t17-,18?,21?,22+/m0/s1. The molecule has 0 bridgehead atoms. The molecule has 1 saturated heterocycles. The van der Waals surface area contributed by atoms with E-state index in [-0.39, 0.29) is 18.2 Å². The minimum atomic E-state index is -0.204. The molecule has 0 amide bonds. The van der Waals surface area contributed by atoms with Crippen molar-refractivity contribution < 1.29 is 19.0 Å². The molecule has 150 valence electrons. The quantitative estimate of drug-likeness (QED) is 0.606. The average Bonchev–Trinajstić information content (AvgIpc) is 2.71. The van der Waals surface area contributed by atoms with Crippen molar-refractivity contribution in [2.24, 2.45) is 11.8 Å². The number of carbonyl (C=O) groups is 1. The normalized spacial score (nSPS) is 28.7. The lowest BCUT2D eigenvalue weighted by Crippen LogP contribution is -2.26. The second-order valence-corrected chi connectivity index (χ2v) is 8.18. The van der Waals surface area contributed by atoms with Gasteiger partial charge in [0.05, 0.1) is 18.3 Å². The highest BCUT2D eigenvalue weighted by Gasteiger charge is 2.25. The minimum Gasteiger partial charge on any atom is -0.459 e. The third kappa shape index (κ3) is 5.79. The number of ether oxygens (including phenoxy) is 3. The Kier molecular flexibility index (Phi) is 7.71. The van der Waals surface area contributed by atoms with Crippen LogP contribution in [0.2, 0.25) is 0 Å². The first-order valence-electron chi connectivity index (χ1n) is 10.6. The summed E-state index contributed by atoms with van der Waals surface area (Å²) < 4.78 is 17.0. The molecule has 4 nitrogen and oxygen atoms in total. The molecular formula is C23H34O4. The molecule has 3 rings (SSSR count). The van der Waals surface area contributed by atoms with Crippen molar-refractivity contribution in [1.29, 1.82) is 0 Å². The van der Waals surface area contributed by atoms with Gasteiger partial charge in [0.2, 0.25) is 0 Å². The molecule has 0 radical (unpaired) electrons. The SMILES string of the molecule is CCC[C@H]1CC[C@H](c2ccc(C(=O)OC3CCC(COC)CC3)cc2)OC1. The Bertz CT molecular complexity index is 567. The van der Waals surface area contributed by atoms with E-state index in [9.17, 15) is 4.79 Å². The van der Waals surface area contributed by atoms with E-state index in [0.29, 0.717) is 17.4 Å². The molecule has 0 spiro atoms. The monoisotopic (exact) mass is 374 g/mol. The number of hydrogen-bond donors (Lipinski definition) is 0. The number of methoxy groups -OCH3 is 1. The molecule has 1 aromatic rings. The zero-order valence-corrected chi connectivity index (χ0v) is 16.8. The maximum absolute atomic E-state index is 12.4. The van der Waals surface area contributed by atoms with Gasteiger partial charge in [-0.3, -0.25) is 0 Å². The smallest absolute Gasteiger partial charge is 0.338 e. The topological polar surface area (TPSA) is 44.8 Å². The number of benzene rings is 1. The fourth-order valence-electron chi connectivity index (χ4n) is 4.41. The molecule has 27 heavy (non-hydrogen) atoms. The lowest BCUT2D eigenvalue weighted by atomic mass is 9.88. The van der Waals surface area contributed by atoms with E-state index in [1.165, 1.54) is 24.8 Å². The molecule has 1 aromatic carbocycles. The summed E-state index contributed by atoms with van der Waals surface area (Å²) in [6, 6.07) is 7.82. The summed E-state index contributed by atoms with van der Waals surface area (Å²) in [6.07, 6.45) is 9.01. The van der Waals surface area contributed by atoms with Crippen molar-refractivity contribution in [3.8, 4) is 0 Å². The molecule has 0 N–H and O–H groups in total. The van der Waals surface area contributed by atoms with Gasteiger partial charge in [0.25, 0.3) is 0 Å². The van der Waals surface area contributed by atoms with Gasteiger partial charge in [0, 0.05) is 13.7 Å². The fraction of sp³-hybridized carbons (Fsp3) is 0.696. The Hall–Kier alpha value is -1.39. The predicted octanol–water partition coefficient (Wildman–Crippen LogP) is 5.32. The van der Waals surface area contributed by atoms with Crippen molar-refractivity contribution >= 4 is 5.97 Å². The zero-order valence-electron chi connectivity index (χ0n) is 16.8. The van der Waals surface area contributed by atoms with Gasteiger partial charge in [-0.25, -0.2) is 4.79 Å². The van der Waals surface area contributed by atoms with E-state index in [4.69, 9.17) is 14.2 Å². The van der Waals surface area contributed by atoms with Crippen LogP contribution in [0.4, 0.5) is 0 Å². The first-order chi connectivity index (χ1) is 13.2. The van der Waals surface area contributed by atoms with Crippen LogP contribution in [-0.4, -0.2) is 32.4 Å².